The topological polar surface area (TPSA) is 83.7 Å². The number of likely N-dealkylation sites (N-methyl/N-ethyl adjacent to an activating group) is 1. The fraction of sp³-hybridized carbons (Fsp3) is 0.625. The summed E-state index contributed by atoms with van der Waals surface area (Å²) >= 11 is 0. The second kappa shape index (κ2) is 7.04. The van der Waals surface area contributed by atoms with E-state index in [9.17, 15) is 4.79 Å². The molecule has 0 bridgehead atoms. The Labute approximate surface area is 137 Å². The Morgan fingerprint density at radius 1 is 1.35 bits per heavy atom. The summed E-state index contributed by atoms with van der Waals surface area (Å²) in [5.74, 6) is 0.820. The molecule has 3 N–H and O–H groups in total. The van der Waals surface area contributed by atoms with Crippen LogP contribution in [0.25, 0.3) is 0 Å². The van der Waals surface area contributed by atoms with Crippen LogP contribution in [0, 0.1) is 0 Å². The van der Waals surface area contributed by atoms with Crippen LogP contribution in [-0.2, 0) is 4.74 Å². The van der Waals surface area contributed by atoms with Gasteiger partial charge in [0.15, 0.2) is 0 Å². The lowest BCUT2D eigenvalue weighted by atomic mass is 10.2. The molecule has 0 saturated carbocycles. The summed E-state index contributed by atoms with van der Waals surface area (Å²) in [6.07, 6.45) is 1.06. The van der Waals surface area contributed by atoms with Gasteiger partial charge in [-0.1, -0.05) is 6.92 Å². The van der Waals surface area contributed by atoms with Gasteiger partial charge in [0.2, 0.25) is 0 Å². The van der Waals surface area contributed by atoms with Crippen molar-refractivity contribution in [3.05, 3.63) is 12.3 Å². The molecule has 128 valence electrons. The largest absolute Gasteiger partial charge is 0.444 e. The molecule has 0 unspecified atom stereocenters. The summed E-state index contributed by atoms with van der Waals surface area (Å²) in [5, 5.41) is 2.70. The number of hydrogen-bond acceptors (Lipinski definition) is 6. The molecular formula is C16H27N5O2. The normalized spacial score (nSPS) is 16.3. The second-order valence-electron chi connectivity index (χ2n) is 6.68. The first-order valence-electron chi connectivity index (χ1n) is 8.01. The number of carbonyl (C=O) groups excluding carboxylic acids is 1. The van der Waals surface area contributed by atoms with Gasteiger partial charge < -0.3 is 20.3 Å². The monoisotopic (exact) mass is 321 g/mol. The zero-order valence-corrected chi connectivity index (χ0v) is 14.4. The number of hydrogen-bond donors (Lipinski definition) is 2. The summed E-state index contributed by atoms with van der Waals surface area (Å²) in [7, 11) is 0. The fourth-order valence-corrected chi connectivity index (χ4v) is 2.44. The predicted molar refractivity (Wildman–Crippen MR) is 92.8 cm³/mol. The number of carbonyl (C=O) groups is 1. The molecule has 1 aromatic rings. The molecule has 7 heteroatoms. The summed E-state index contributed by atoms with van der Waals surface area (Å²) in [6.45, 7) is 12.5. The number of pyridine rings is 1. The molecule has 1 aromatic heterocycles. The Hall–Kier alpha value is -2.02. The summed E-state index contributed by atoms with van der Waals surface area (Å²) in [6, 6.07) is 1.81. The maximum absolute atomic E-state index is 11.9. The number of piperazine rings is 1. The first-order chi connectivity index (χ1) is 10.8. The molecule has 23 heavy (non-hydrogen) atoms. The third-order valence-electron chi connectivity index (χ3n) is 3.70. The van der Waals surface area contributed by atoms with E-state index in [1.165, 1.54) is 0 Å². The van der Waals surface area contributed by atoms with Crippen molar-refractivity contribution in [3.63, 3.8) is 0 Å². The summed E-state index contributed by atoms with van der Waals surface area (Å²) in [4.78, 5) is 20.9. The molecule has 0 aliphatic carbocycles. The minimum absolute atomic E-state index is 0.423. The van der Waals surface area contributed by atoms with E-state index in [0.29, 0.717) is 11.4 Å². The highest BCUT2D eigenvalue weighted by Crippen LogP contribution is 2.24. The standard InChI is InChI=1S/C16H27N5O2/c1-5-20-6-8-21(9-7-20)14-10-13(12(17)11-18-14)19-15(22)23-16(2,3)4/h10-11H,5-9,17H2,1-4H3,(H,18,19,22). The minimum Gasteiger partial charge on any atom is -0.444 e. The van der Waals surface area contributed by atoms with Crippen molar-refractivity contribution < 1.29 is 9.53 Å². The molecule has 2 rings (SSSR count). The van der Waals surface area contributed by atoms with E-state index in [4.69, 9.17) is 10.5 Å². The molecule has 2 heterocycles. The SMILES string of the molecule is CCN1CCN(c2cc(NC(=O)OC(C)(C)C)c(N)cn2)CC1. The van der Waals surface area contributed by atoms with Crippen molar-refractivity contribution in [1.82, 2.24) is 9.88 Å². The quantitative estimate of drug-likeness (QED) is 0.887. The average Bonchev–Trinajstić information content (AvgIpc) is 2.48. The van der Waals surface area contributed by atoms with Gasteiger partial charge in [0.25, 0.3) is 0 Å². The molecule has 1 amide bonds. The van der Waals surface area contributed by atoms with Gasteiger partial charge in [-0.2, -0.15) is 0 Å². The van der Waals surface area contributed by atoms with Crippen LogP contribution in [0.5, 0.6) is 0 Å². The van der Waals surface area contributed by atoms with E-state index in [1.807, 2.05) is 20.8 Å². The van der Waals surface area contributed by atoms with Crippen LogP contribution >= 0.6 is 0 Å². The molecule has 7 nitrogen and oxygen atoms in total. The van der Waals surface area contributed by atoms with E-state index in [1.54, 1.807) is 12.3 Å². The second-order valence-corrected chi connectivity index (χ2v) is 6.68. The Morgan fingerprint density at radius 2 is 2.00 bits per heavy atom. The van der Waals surface area contributed by atoms with Gasteiger partial charge in [-0.15, -0.1) is 0 Å². The lowest BCUT2D eigenvalue weighted by molar-refractivity contribution is 0.0636. The zero-order chi connectivity index (χ0) is 17.0. The van der Waals surface area contributed by atoms with Crippen molar-refractivity contribution in [3.8, 4) is 0 Å². The van der Waals surface area contributed by atoms with Crippen LogP contribution in [-0.4, -0.2) is 54.3 Å². The van der Waals surface area contributed by atoms with Crippen molar-refractivity contribution in [2.75, 3.05) is 48.7 Å². The van der Waals surface area contributed by atoms with Crippen LogP contribution in [0.4, 0.5) is 22.0 Å². The van der Waals surface area contributed by atoms with Crippen LogP contribution in [0.1, 0.15) is 27.7 Å². The number of ether oxygens (including phenoxy) is 1. The molecule has 0 aromatic carbocycles. The number of nitrogens with zero attached hydrogens (tertiary/aromatic N) is 3. The highest BCUT2D eigenvalue weighted by atomic mass is 16.6. The molecular weight excluding hydrogens is 294 g/mol. The summed E-state index contributed by atoms with van der Waals surface area (Å²) < 4.78 is 5.26. The van der Waals surface area contributed by atoms with Gasteiger partial charge in [0.05, 0.1) is 17.6 Å². The number of nitrogen functional groups attached to an aromatic ring is 1. The Bertz CT molecular complexity index is 548. The van der Waals surface area contributed by atoms with Gasteiger partial charge in [0.1, 0.15) is 11.4 Å². The van der Waals surface area contributed by atoms with E-state index < -0.39 is 11.7 Å². The highest BCUT2D eigenvalue weighted by molar-refractivity contribution is 5.89. The number of nitrogens with two attached hydrogens (primary N) is 1. The lowest BCUT2D eigenvalue weighted by Crippen LogP contribution is -2.46. The van der Waals surface area contributed by atoms with Gasteiger partial charge >= 0.3 is 6.09 Å². The van der Waals surface area contributed by atoms with Crippen LogP contribution in [0.2, 0.25) is 0 Å². The van der Waals surface area contributed by atoms with Crippen molar-refractivity contribution in [1.29, 1.82) is 0 Å². The fourth-order valence-electron chi connectivity index (χ4n) is 2.44. The maximum atomic E-state index is 11.9. The number of nitrogens with one attached hydrogen (secondary N) is 1. The first-order valence-corrected chi connectivity index (χ1v) is 8.01. The van der Waals surface area contributed by atoms with Gasteiger partial charge in [-0.25, -0.2) is 9.78 Å². The predicted octanol–water partition coefficient (Wildman–Crippen LogP) is 2.15. The van der Waals surface area contributed by atoms with Gasteiger partial charge in [0, 0.05) is 32.2 Å². The zero-order valence-electron chi connectivity index (χ0n) is 14.4. The number of aromatic nitrogens is 1. The smallest absolute Gasteiger partial charge is 0.412 e. The molecule has 0 atom stereocenters. The molecule has 0 spiro atoms. The third-order valence-corrected chi connectivity index (χ3v) is 3.70. The highest BCUT2D eigenvalue weighted by Gasteiger charge is 2.20. The first kappa shape index (κ1) is 17.3. The lowest BCUT2D eigenvalue weighted by Gasteiger charge is -2.35. The Morgan fingerprint density at radius 3 is 2.57 bits per heavy atom. The van der Waals surface area contributed by atoms with E-state index in [-0.39, 0.29) is 0 Å². The van der Waals surface area contributed by atoms with Crippen LogP contribution in [0.3, 0.4) is 0 Å². The van der Waals surface area contributed by atoms with Crippen LogP contribution < -0.4 is 16.0 Å². The maximum Gasteiger partial charge on any atom is 0.412 e. The number of anilines is 3. The van der Waals surface area contributed by atoms with Crippen molar-refractivity contribution >= 4 is 23.3 Å². The van der Waals surface area contributed by atoms with Crippen molar-refractivity contribution in [2.24, 2.45) is 0 Å². The Balaban J connectivity index is 2.06. The average molecular weight is 321 g/mol. The van der Waals surface area contributed by atoms with Gasteiger partial charge in [-0.05, 0) is 27.3 Å². The number of rotatable bonds is 3. The molecule has 0 radical (unpaired) electrons. The summed E-state index contributed by atoms with van der Waals surface area (Å²) in [5.41, 5.74) is 6.32. The third kappa shape index (κ3) is 4.99. The van der Waals surface area contributed by atoms with Crippen LogP contribution in [0.15, 0.2) is 12.3 Å². The molecule has 1 saturated heterocycles. The van der Waals surface area contributed by atoms with Crippen molar-refractivity contribution in [2.45, 2.75) is 33.3 Å². The minimum atomic E-state index is -0.550. The molecule has 1 fully saturated rings. The Kier molecular flexibility index (Phi) is 5.30. The van der Waals surface area contributed by atoms with E-state index in [2.05, 4.69) is 27.0 Å². The molecule has 1 aliphatic heterocycles. The number of amides is 1. The van der Waals surface area contributed by atoms with E-state index >= 15 is 0 Å². The van der Waals surface area contributed by atoms with E-state index in [0.717, 1.165) is 38.5 Å². The molecule has 1 aliphatic rings. The van der Waals surface area contributed by atoms with Gasteiger partial charge in [-0.3, -0.25) is 5.32 Å².